The molecule has 1 fully saturated rings. The first-order valence-electron chi connectivity index (χ1n) is 5.70. The summed E-state index contributed by atoms with van der Waals surface area (Å²) < 4.78 is 14.0. The standard InChI is InChI=1S/C12H14BrFN2/c13-8-5-10-11(6-9(8)14)16-12(7-15-10)3-1-2-4-12/h5-6,15-16H,1-4,7H2. The van der Waals surface area contributed by atoms with Gasteiger partial charge in [0.1, 0.15) is 5.82 Å². The minimum atomic E-state index is -0.205. The SMILES string of the molecule is Fc1cc2c(cc1Br)NCC1(CCCC1)N2. The van der Waals surface area contributed by atoms with Gasteiger partial charge in [-0.2, -0.15) is 0 Å². The molecule has 86 valence electrons. The predicted molar refractivity (Wildman–Crippen MR) is 67.4 cm³/mol. The van der Waals surface area contributed by atoms with Crippen LogP contribution in [0, 0.1) is 5.82 Å². The summed E-state index contributed by atoms with van der Waals surface area (Å²) in [4.78, 5) is 0. The minimum absolute atomic E-state index is 0.160. The molecule has 0 radical (unpaired) electrons. The van der Waals surface area contributed by atoms with Crippen molar-refractivity contribution in [3.05, 3.63) is 22.4 Å². The van der Waals surface area contributed by atoms with Gasteiger partial charge in [-0.25, -0.2) is 4.39 Å². The second-order valence-electron chi connectivity index (χ2n) is 4.78. The van der Waals surface area contributed by atoms with E-state index in [9.17, 15) is 4.39 Å². The molecule has 1 heterocycles. The molecule has 0 atom stereocenters. The van der Waals surface area contributed by atoms with Crippen LogP contribution in [0.15, 0.2) is 16.6 Å². The molecule has 0 aromatic heterocycles. The quantitative estimate of drug-likeness (QED) is 0.758. The van der Waals surface area contributed by atoms with Gasteiger partial charge in [0.25, 0.3) is 0 Å². The smallest absolute Gasteiger partial charge is 0.139 e. The Bertz CT molecular complexity index is 427. The van der Waals surface area contributed by atoms with Crippen molar-refractivity contribution in [3.8, 4) is 0 Å². The van der Waals surface area contributed by atoms with E-state index in [4.69, 9.17) is 0 Å². The molecule has 1 aliphatic carbocycles. The van der Waals surface area contributed by atoms with Crippen molar-refractivity contribution in [2.24, 2.45) is 0 Å². The maximum atomic E-state index is 13.5. The summed E-state index contributed by atoms with van der Waals surface area (Å²) in [5, 5.41) is 6.92. The second kappa shape index (κ2) is 3.62. The van der Waals surface area contributed by atoms with Gasteiger partial charge in [0, 0.05) is 12.6 Å². The fraction of sp³-hybridized carbons (Fsp3) is 0.500. The van der Waals surface area contributed by atoms with Crippen molar-refractivity contribution < 1.29 is 4.39 Å². The lowest BCUT2D eigenvalue weighted by Crippen LogP contribution is -2.45. The van der Waals surface area contributed by atoms with Crippen LogP contribution >= 0.6 is 15.9 Å². The first kappa shape index (κ1) is 10.4. The van der Waals surface area contributed by atoms with Crippen LogP contribution < -0.4 is 10.6 Å². The lowest BCUT2D eigenvalue weighted by Gasteiger charge is -2.37. The zero-order valence-corrected chi connectivity index (χ0v) is 10.5. The maximum absolute atomic E-state index is 13.5. The number of hydrogen-bond acceptors (Lipinski definition) is 2. The van der Waals surface area contributed by atoms with Crippen molar-refractivity contribution in [3.63, 3.8) is 0 Å². The number of nitrogens with one attached hydrogen (secondary N) is 2. The molecule has 16 heavy (non-hydrogen) atoms. The molecule has 1 aliphatic heterocycles. The van der Waals surface area contributed by atoms with E-state index in [1.54, 1.807) is 12.1 Å². The van der Waals surface area contributed by atoms with Gasteiger partial charge in [-0.1, -0.05) is 12.8 Å². The molecular formula is C12H14BrFN2. The topological polar surface area (TPSA) is 24.1 Å². The Hall–Kier alpha value is -0.770. The summed E-state index contributed by atoms with van der Waals surface area (Å²) in [6, 6.07) is 3.38. The third-order valence-corrected chi connectivity index (χ3v) is 4.25. The molecule has 1 aromatic rings. The fourth-order valence-electron chi connectivity index (χ4n) is 2.74. The number of anilines is 2. The van der Waals surface area contributed by atoms with Crippen LogP contribution in [-0.2, 0) is 0 Å². The summed E-state index contributed by atoms with van der Waals surface area (Å²) in [6.07, 6.45) is 4.89. The average Bonchev–Trinajstić information content (AvgIpc) is 2.69. The van der Waals surface area contributed by atoms with Gasteiger partial charge in [0.2, 0.25) is 0 Å². The second-order valence-corrected chi connectivity index (χ2v) is 5.63. The van der Waals surface area contributed by atoms with Gasteiger partial charge in [-0.05, 0) is 34.8 Å². The van der Waals surface area contributed by atoms with Crippen molar-refractivity contribution in [1.82, 2.24) is 0 Å². The minimum Gasteiger partial charge on any atom is -0.381 e. The molecule has 0 bridgehead atoms. The lowest BCUT2D eigenvalue weighted by molar-refractivity contribution is 0.499. The van der Waals surface area contributed by atoms with Crippen LogP contribution in [0.5, 0.6) is 0 Å². The first-order chi connectivity index (χ1) is 7.69. The molecular weight excluding hydrogens is 271 g/mol. The molecule has 3 rings (SSSR count). The molecule has 0 amide bonds. The van der Waals surface area contributed by atoms with Gasteiger partial charge in [-0.3, -0.25) is 0 Å². The molecule has 2 N–H and O–H groups in total. The highest BCUT2D eigenvalue weighted by atomic mass is 79.9. The van der Waals surface area contributed by atoms with Crippen LogP contribution in [0.25, 0.3) is 0 Å². The van der Waals surface area contributed by atoms with Crippen molar-refractivity contribution in [2.75, 3.05) is 17.2 Å². The molecule has 2 nitrogen and oxygen atoms in total. The Balaban J connectivity index is 1.96. The highest BCUT2D eigenvalue weighted by Crippen LogP contribution is 2.40. The Kier molecular flexibility index (Phi) is 2.35. The van der Waals surface area contributed by atoms with Gasteiger partial charge < -0.3 is 10.6 Å². The van der Waals surface area contributed by atoms with E-state index in [0.29, 0.717) is 4.47 Å². The average molecular weight is 285 g/mol. The molecule has 1 saturated carbocycles. The van der Waals surface area contributed by atoms with Crippen LogP contribution in [0.3, 0.4) is 0 Å². The molecule has 0 unspecified atom stereocenters. The highest BCUT2D eigenvalue weighted by Gasteiger charge is 2.36. The van der Waals surface area contributed by atoms with E-state index in [0.717, 1.165) is 17.9 Å². The monoisotopic (exact) mass is 284 g/mol. The number of halogens is 2. The van der Waals surface area contributed by atoms with Crippen LogP contribution in [0.4, 0.5) is 15.8 Å². The molecule has 0 saturated heterocycles. The van der Waals surface area contributed by atoms with E-state index < -0.39 is 0 Å². The van der Waals surface area contributed by atoms with Gasteiger partial charge in [-0.15, -0.1) is 0 Å². The third-order valence-electron chi connectivity index (χ3n) is 3.64. The normalized spacial score (nSPS) is 21.4. The highest BCUT2D eigenvalue weighted by molar-refractivity contribution is 9.10. The Morgan fingerprint density at radius 3 is 2.69 bits per heavy atom. The first-order valence-corrected chi connectivity index (χ1v) is 6.49. The van der Waals surface area contributed by atoms with Crippen molar-refractivity contribution >= 4 is 27.3 Å². The zero-order chi connectivity index (χ0) is 11.2. The van der Waals surface area contributed by atoms with Crippen LogP contribution in [0.1, 0.15) is 25.7 Å². The van der Waals surface area contributed by atoms with Crippen molar-refractivity contribution in [1.29, 1.82) is 0 Å². The fourth-order valence-corrected chi connectivity index (χ4v) is 3.09. The van der Waals surface area contributed by atoms with Crippen molar-refractivity contribution in [2.45, 2.75) is 31.2 Å². The molecule has 2 aliphatic rings. The van der Waals surface area contributed by atoms with Gasteiger partial charge in [0.15, 0.2) is 0 Å². The number of benzene rings is 1. The van der Waals surface area contributed by atoms with E-state index in [2.05, 4.69) is 26.6 Å². The zero-order valence-electron chi connectivity index (χ0n) is 8.95. The molecule has 1 spiro atoms. The lowest BCUT2D eigenvalue weighted by atomic mass is 9.94. The summed E-state index contributed by atoms with van der Waals surface area (Å²) >= 11 is 3.21. The van der Waals surface area contributed by atoms with Gasteiger partial charge >= 0.3 is 0 Å². The number of hydrogen-bond donors (Lipinski definition) is 2. The number of rotatable bonds is 0. The predicted octanol–water partition coefficient (Wildman–Crippen LogP) is 3.74. The van der Waals surface area contributed by atoms with Crippen LogP contribution in [0.2, 0.25) is 0 Å². The van der Waals surface area contributed by atoms with E-state index in [-0.39, 0.29) is 11.4 Å². The summed E-state index contributed by atoms with van der Waals surface area (Å²) in [5.74, 6) is -0.205. The third kappa shape index (κ3) is 1.59. The maximum Gasteiger partial charge on any atom is 0.139 e. The van der Waals surface area contributed by atoms with Crippen LogP contribution in [-0.4, -0.2) is 12.1 Å². The molecule has 1 aromatic carbocycles. The Morgan fingerprint density at radius 1 is 1.19 bits per heavy atom. The number of fused-ring (bicyclic) bond motifs is 1. The van der Waals surface area contributed by atoms with E-state index in [1.165, 1.54) is 25.7 Å². The van der Waals surface area contributed by atoms with E-state index in [1.807, 2.05) is 0 Å². The Labute approximate surface area is 103 Å². The summed E-state index contributed by atoms with van der Waals surface area (Å²) in [7, 11) is 0. The largest absolute Gasteiger partial charge is 0.381 e. The summed E-state index contributed by atoms with van der Waals surface area (Å²) in [6.45, 7) is 0.943. The summed E-state index contributed by atoms with van der Waals surface area (Å²) in [5.41, 5.74) is 2.05. The van der Waals surface area contributed by atoms with E-state index >= 15 is 0 Å². The Morgan fingerprint density at radius 2 is 1.94 bits per heavy atom. The molecule has 4 heteroatoms. The van der Waals surface area contributed by atoms with Gasteiger partial charge in [0.05, 0.1) is 21.4 Å².